The van der Waals surface area contributed by atoms with Crippen molar-refractivity contribution in [3.8, 4) is 0 Å². The van der Waals surface area contributed by atoms with Gasteiger partial charge in [0.15, 0.2) is 0 Å². The highest BCUT2D eigenvalue weighted by Crippen LogP contribution is 2.44. The SMILES string of the molecule is O=C(NC(Nc1ccc(Cl)cc1)C(Cl)(Cl)Cl)C1NCC(Br)CC12CCCCCCCC2. The molecule has 1 spiro atoms. The van der Waals surface area contributed by atoms with Crippen molar-refractivity contribution in [2.75, 3.05) is 11.9 Å². The van der Waals surface area contributed by atoms with E-state index in [1.807, 2.05) is 0 Å². The quantitative estimate of drug-likeness (QED) is 0.274. The lowest BCUT2D eigenvalue weighted by molar-refractivity contribution is -0.128. The maximum Gasteiger partial charge on any atom is 0.239 e. The van der Waals surface area contributed by atoms with Crippen molar-refractivity contribution in [1.29, 1.82) is 0 Å². The third-order valence-corrected chi connectivity index (χ3v) is 7.97. The van der Waals surface area contributed by atoms with E-state index in [0.717, 1.165) is 38.6 Å². The second-order valence-corrected chi connectivity index (χ2v) is 12.9. The fraction of sp³-hybridized carbons (Fsp3) is 0.682. The molecule has 3 unspecified atom stereocenters. The Morgan fingerprint density at radius 2 is 1.65 bits per heavy atom. The van der Waals surface area contributed by atoms with Gasteiger partial charge in [-0.2, -0.15) is 0 Å². The molecule has 174 valence electrons. The Balaban J connectivity index is 1.78. The molecule has 1 saturated heterocycles. The Hall–Kier alpha value is 0.0900. The number of anilines is 1. The van der Waals surface area contributed by atoms with Gasteiger partial charge in [-0.15, -0.1) is 0 Å². The second kappa shape index (κ2) is 11.5. The Kier molecular flexibility index (Phi) is 9.52. The first-order valence-electron chi connectivity index (χ1n) is 11.0. The minimum absolute atomic E-state index is 0.0980. The predicted molar refractivity (Wildman–Crippen MR) is 136 cm³/mol. The van der Waals surface area contributed by atoms with Crippen molar-refractivity contribution < 1.29 is 4.79 Å². The van der Waals surface area contributed by atoms with Gasteiger partial charge in [0, 0.05) is 22.1 Å². The molecule has 4 nitrogen and oxygen atoms in total. The molecule has 1 aliphatic heterocycles. The van der Waals surface area contributed by atoms with Gasteiger partial charge in [-0.3, -0.25) is 4.79 Å². The molecule has 3 atom stereocenters. The zero-order valence-corrected chi connectivity index (χ0v) is 22.0. The molecule has 0 aromatic heterocycles. The number of alkyl halides is 4. The predicted octanol–water partition coefficient (Wildman–Crippen LogP) is 6.81. The minimum atomic E-state index is -1.73. The highest BCUT2D eigenvalue weighted by molar-refractivity contribution is 9.09. The normalized spacial score (nSPS) is 25.7. The fourth-order valence-electron chi connectivity index (χ4n) is 4.88. The van der Waals surface area contributed by atoms with Crippen LogP contribution < -0.4 is 16.0 Å². The van der Waals surface area contributed by atoms with Crippen molar-refractivity contribution in [2.24, 2.45) is 5.41 Å². The van der Waals surface area contributed by atoms with Gasteiger partial charge in [-0.05, 0) is 48.9 Å². The number of piperidine rings is 1. The number of benzene rings is 1. The molecule has 2 aliphatic rings. The van der Waals surface area contributed by atoms with E-state index in [9.17, 15) is 4.79 Å². The van der Waals surface area contributed by atoms with Crippen LogP contribution in [0.4, 0.5) is 5.69 Å². The van der Waals surface area contributed by atoms with Crippen molar-refractivity contribution in [3.63, 3.8) is 0 Å². The Bertz CT molecular complexity index is 718. The van der Waals surface area contributed by atoms with E-state index >= 15 is 0 Å². The van der Waals surface area contributed by atoms with Crippen LogP contribution in [-0.2, 0) is 4.79 Å². The van der Waals surface area contributed by atoms with Crippen LogP contribution in [-0.4, -0.2) is 33.3 Å². The van der Waals surface area contributed by atoms with Crippen LogP contribution in [0.1, 0.15) is 57.8 Å². The highest BCUT2D eigenvalue weighted by Gasteiger charge is 2.47. The van der Waals surface area contributed by atoms with E-state index < -0.39 is 9.96 Å². The third-order valence-electron chi connectivity index (χ3n) is 6.41. The largest absolute Gasteiger partial charge is 0.362 e. The minimum Gasteiger partial charge on any atom is -0.362 e. The first-order chi connectivity index (χ1) is 14.7. The molecular formula is C22H30BrCl4N3O. The van der Waals surface area contributed by atoms with Crippen molar-refractivity contribution in [2.45, 2.75) is 78.6 Å². The maximum atomic E-state index is 13.5. The van der Waals surface area contributed by atoms with E-state index in [1.165, 1.54) is 25.7 Å². The number of carbonyl (C=O) groups is 1. The van der Waals surface area contributed by atoms with Gasteiger partial charge in [0.25, 0.3) is 0 Å². The first-order valence-corrected chi connectivity index (χ1v) is 13.4. The topological polar surface area (TPSA) is 53.2 Å². The monoisotopic (exact) mass is 571 g/mol. The summed E-state index contributed by atoms with van der Waals surface area (Å²) < 4.78 is -1.73. The third kappa shape index (κ3) is 7.28. The lowest BCUT2D eigenvalue weighted by atomic mass is 9.67. The van der Waals surface area contributed by atoms with Gasteiger partial charge in [-0.1, -0.05) is 101 Å². The summed E-state index contributed by atoms with van der Waals surface area (Å²) in [4.78, 5) is 13.9. The number of halogens is 5. The van der Waals surface area contributed by atoms with Gasteiger partial charge in [0.1, 0.15) is 6.17 Å². The zero-order chi connectivity index (χ0) is 22.5. The van der Waals surface area contributed by atoms with Crippen molar-refractivity contribution in [3.05, 3.63) is 29.3 Å². The van der Waals surface area contributed by atoms with E-state index in [1.54, 1.807) is 24.3 Å². The Morgan fingerprint density at radius 1 is 1.06 bits per heavy atom. The van der Waals surface area contributed by atoms with Crippen LogP contribution in [0.5, 0.6) is 0 Å². The average Bonchev–Trinajstić information content (AvgIpc) is 2.81. The summed E-state index contributed by atoms with van der Waals surface area (Å²) in [5.74, 6) is -0.128. The van der Waals surface area contributed by atoms with Crippen LogP contribution >= 0.6 is 62.3 Å². The molecule has 0 radical (unpaired) electrons. The van der Waals surface area contributed by atoms with Crippen LogP contribution in [0.25, 0.3) is 0 Å². The van der Waals surface area contributed by atoms with E-state index in [2.05, 4.69) is 31.9 Å². The number of nitrogens with one attached hydrogen (secondary N) is 3. The molecule has 1 aromatic carbocycles. The molecule has 3 N–H and O–H groups in total. The first kappa shape index (κ1) is 25.7. The lowest BCUT2D eigenvalue weighted by Crippen LogP contribution is -2.63. The fourth-order valence-corrected chi connectivity index (χ4v) is 6.17. The van der Waals surface area contributed by atoms with E-state index in [-0.39, 0.29) is 17.4 Å². The lowest BCUT2D eigenvalue weighted by Gasteiger charge is -2.46. The van der Waals surface area contributed by atoms with Gasteiger partial charge >= 0.3 is 0 Å². The van der Waals surface area contributed by atoms with Gasteiger partial charge in [-0.25, -0.2) is 0 Å². The van der Waals surface area contributed by atoms with E-state index in [0.29, 0.717) is 15.5 Å². The smallest absolute Gasteiger partial charge is 0.239 e. The number of amides is 1. The molecule has 1 amide bonds. The standard InChI is InChI=1S/C22H30BrCl4N3O/c23-15-13-21(11-5-3-1-2-4-6-12-21)18(28-14-15)19(31)30-20(22(25,26)27)29-17-9-7-16(24)8-10-17/h7-10,15,18,20,28-29H,1-6,11-14H2,(H,30,31). The molecule has 3 rings (SSSR count). The summed E-state index contributed by atoms with van der Waals surface area (Å²) in [6, 6.07) is 6.73. The summed E-state index contributed by atoms with van der Waals surface area (Å²) in [7, 11) is 0. The number of hydrogen-bond donors (Lipinski definition) is 3. The summed E-state index contributed by atoms with van der Waals surface area (Å²) in [6.45, 7) is 0.739. The van der Waals surface area contributed by atoms with Crippen molar-refractivity contribution >= 4 is 73.9 Å². The molecule has 1 heterocycles. The number of hydrogen-bond acceptors (Lipinski definition) is 3. The molecule has 1 aromatic rings. The molecule has 0 bridgehead atoms. The summed E-state index contributed by atoms with van der Waals surface area (Å²) >= 11 is 28.5. The van der Waals surface area contributed by atoms with Crippen molar-refractivity contribution in [1.82, 2.24) is 10.6 Å². The zero-order valence-electron chi connectivity index (χ0n) is 17.4. The maximum absolute atomic E-state index is 13.5. The van der Waals surface area contributed by atoms with Gasteiger partial charge in [0.05, 0.1) is 6.04 Å². The van der Waals surface area contributed by atoms with Crippen LogP contribution in [0, 0.1) is 5.41 Å². The highest BCUT2D eigenvalue weighted by atomic mass is 79.9. The van der Waals surface area contributed by atoms with Crippen LogP contribution in [0.2, 0.25) is 5.02 Å². The van der Waals surface area contributed by atoms with Gasteiger partial charge < -0.3 is 16.0 Å². The summed E-state index contributed by atoms with van der Waals surface area (Å²) in [5, 5.41) is 10.2. The molecule has 1 aliphatic carbocycles. The second-order valence-electron chi connectivity index (χ2n) is 8.76. The molecule has 1 saturated carbocycles. The summed E-state index contributed by atoms with van der Waals surface area (Å²) in [5.41, 5.74) is 0.606. The van der Waals surface area contributed by atoms with Gasteiger partial charge in [0.2, 0.25) is 9.70 Å². The average molecular weight is 574 g/mol. The summed E-state index contributed by atoms with van der Waals surface area (Å²) in [6.07, 6.45) is 9.42. The number of rotatable bonds is 4. The molecule has 31 heavy (non-hydrogen) atoms. The molecule has 2 fully saturated rings. The Labute approximate surface area is 213 Å². The number of carbonyl (C=O) groups excluding carboxylic acids is 1. The molecule has 9 heteroatoms. The van der Waals surface area contributed by atoms with Crippen LogP contribution in [0.15, 0.2) is 24.3 Å². The molecular weight excluding hydrogens is 544 g/mol. The van der Waals surface area contributed by atoms with E-state index in [4.69, 9.17) is 46.4 Å². The van der Waals surface area contributed by atoms with Crippen LogP contribution in [0.3, 0.4) is 0 Å². The Morgan fingerprint density at radius 3 is 2.23 bits per heavy atom.